The summed E-state index contributed by atoms with van der Waals surface area (Å²) in [5.74, 6) is -10.8. The van der Waals surface area contributed by atoms with Crippen molar-refractivity contribution in [3.63, 3.8) is 0 Å². The summed E-state index contributed by atoms with van der Waals surface area (Å²) in [6.07, 6.45) is 8.84. The van der Waals surface area contributed by atoms with Crippen LogP contribution in [0.25, 0.3) is 0 Å². The van der Waals surface area contributed by atoms with Crippen LogP contribution in [0.3, 0.4) is 0 Å². The van der Waals surface area contributed by atoms with Crippen LogP contribution in [0.4, 0.5) is 0 Å². The quantitative estimate of drug-likeness (QED) is 0.101. The third-order valence-corrected chi connectivity index (χ3v) is 15.0. The Morgan fingerprint density at radius 1 is 0.859 bits per heavy atom. The summed E-state index contributed by atoms with van der Waals surface area (Å²) in [5.41, 5.74) is 1.20. The van der Waals surface area contributed by atoms with Gasteiger partial charge in [-0.05, 0) is 107 Å². The van der Waals surface area contributed by atoms with Gasteiger partial charge in [0.05, 0.1) is 18.3 Å². The number of hydrogen-bond donors (Lipinski definition) is 3. The van der Waals surface area contributed by atoms with Crippen LogP contribution >= 0.6 is 0 Å². The summed E-state index contributed by atoms with van der Waals surface area (Å²) in [6, 6.07) is -1.20. The molecule has 0 unspecified atom stereocenters. The molecule has 1 saturated carbocycles. The molecule has 0 radical (unpaired) electrons. The third-order valence-electron chi connectivity index (χ3n) is 15.0. The van der Waals surface area contributed by atoms with Gasteiger partial charge in [0.15, 0.2) is 5.78 Å². The number of methoxy groups -OCH3 is 3. The van der Waals surface area contributed by atoms with E-state index in [2.05, 4.69) is 0 Å². The summed E-state index contributed by atoms with van der Waals surface area (Å²) in [6.45, 7) is 12.5. The molecule has 0 aromatic heterocycles. The van der Waals surface area contributed by atoms with Gasteiger partial charge in [-0.3, -0.25) is 28.8 Å². The molecule has 3 N–H and O–H groups in total. The monoisotopic (exact) mass is 1000 g/mol. The molecule has 71 heavy (non-hydrogen) atoms. The molecule has 398 valence electrons. The molecule has 1 amide bonds. The Morgan fingerprint density at radius 3 is 2.24 bits per heavy atom. The molecule has 17 heteroatoms. The Labute approximate surface area is 419 Å². The molecule has 0 aromatic carbocycles. The number of carbonyl (C=O) groups is 7. The molecular formula is C54H81NO16. The number of carboxylic acid groups (broad SMARTS) is 1. The number of rotatable bonds is 9. The first-order chi connectivity index (χ1) is 33.5. The van der Waals surface area contributed by atoms with Crippen LogP contribution in [0.2, 0.25) is 0 Å². The molecular weight excluding hydrogens is 919 g/mol. The lowest BCUT2D eigenvalue weighted by Gasteiger charge is -2.42. The maximum Gasteiger partial charge on any atom is 0.329 e. The minimum atomic E-state index is -2.47. The summed E-state index contributed by atoms with van der Waals surface area (Å²) in [5, 5.41) is 32.5. The number of esters is 2. The van der Waals surface area contributed by atoms with Crippen LogP contribution in [0.1, 0.15) is 132 Å². The topological polar surface area (TPSA) is 239 Å². The Kier molecular flexibility index (Phi) is 23.0. The van der Waals surface area contributed by atoms with Crippen molar-refractivity contribution in [2.45, 2.75) is 186 Å². The van der Waals surface area contributed by atoms with Gasteiger partial charge in [0.25, 0.3) is 11.7 Å². The molecule has 4 rings (SSSR count). The first-order valence-electron chi connectivity index (χ1n) is 25.4. The summed E-state index contributed by atoms with van der Waals surface area (Å²) in [4.78, 5) is 95.5. The number of allylic oxidation sites excluding steroid dienone is 6. The molecule has 3 aliphatic heterocycles. The molecule has 3 heterocycles. The molecule has 2 bridgehead atoms. The van der Waals surface area contributed by atoms with E-state index in [1.54, 1.807) is 40.9 Å². The van der Waals surface area contributed by atoms with E-state index in [4.69, 9.17) is 33.5 Å². The first kappa shape index (κ1) is 59.2. The van der Waals surface area contributed by atoms with Gasteiger partial charge in [-0.15, -0.1) is 0 Å². The number of ketones is 3. The summed E-state index contributed by atoms with van der Waals surface area (Å²) >= 11 is 0. The molecule has 15 atom stereocenters. The van der Waals surface area contributed by atoms with Crippen molar-refractivity contribution >= 4 is 41.2 Å². The van der Waals surface area contributed by atoms with Crippen LogP contribution in [0.5, 0.6) is 0 Å². The number of fused-ring (bicyclic) bond motifs is 3. The Morgan fingerprint density at radius 2 is 1.58 bits per heavy atom. The number of aliphatic carboxylic acids is 1. The second-order valence-electron chi connectivity index (χ2n) is 20.6. The van der Waals surface area contributed by atoms with Crippen molar-refractivity contribution < 1.29 is 77.3 Å². The predicted molar refractivity (Wildman–Crippen MR) is 261 cm³/mol. The zero-order valence-electron chi connectivity index (χ0n) is 43.5. The number of hydrogen-bond acceptors (Lipinski definition) is 15. The van der Waals surface area contributed by atoms with E-state index in [1.807, 2.05) is 51.2 Å². The second-order valence-corrected chi connectivity index (χ2v) is 20.6. The SMILES string of the molecule is CO[C@H]1C[C@@H]2CC[C@@H](C)[C@@](O)(O2)C(=O)C(=O)N2CCCC[C@H]2C(=O)O[C@H]([C@H](C)C[C@@H]2CC[C@@H](OC(=O)CC(=O)O)[C@H](OC)C2)CC(=O)[C@H](C)/C=C(\C)[C@@H](O)[C@@H](OC)C(=O)[C@H](C)C[C@H](C)/C=C/C=C/C=C/1C. The van der Waals surface area contributed by atoms with Gasteiger partial charge in [0, 0.05) is 58.5 Å². The number of ether oxygens (including phenoxy) is 6. The number of nitrogens with zero attached hydrogens (tertiary/aromatic N) is 1. The maximum absolute atomic E-state index is 14.5. The molecule has 4 aliphatic rings. The van der Waals surface area contributed by atoms with Gasteiger partial charge in [-0.2, -0.15) is 0 Å². The third kappa shape index (κ3) is 16.3. The second kappa shape index (κ2) is 27.6. The smallest absolute Gasteiger partial charge is 0.329 e. The summed E-state index contributed by atoms with van der Waals surface area (Å²) < 4.78 is 35.0. The van der Waals surface area contributed by atoms with Crippen molar-refractivity contribution in [2.24, 2.45) is 35.5 Å². The fraction of sp³-hybridized carbons (Fsp3) is 0.722. The zero-order chi connectivity index (χ0) is 52.7. The number of aliphatic hydroxyl groups is 2. The first-order valence-corrected chi connectivity index (χ1v) is 25.4. The van der Waals surface area contributed by atoms with Gasteiger partial charge in [0.1, 0.15) is 42.7 Å². The Hall–Kier alpha value is -4.39. The molecule has 17 nitrogen and oxygen atoms in total. The normalized spacial score (nSPS) is 37.8. The largest absolute Gasteiger partial charge is 0.481 e. The summed E-state index contributed by atoms with van der Waals surface area (Å²) in [7, 11) is 4.39. The minimum Gasteiger partial charge on any atom is -0.481 e. The van der Waals surface area contributed by atoms with Gasteiger partial charge >= 0.3 is 17.9 Å². The van der Waals surface area contributed by atoms with Crippen molar-refractivity contribution in [1.82, 2.24) is 4.90 Å². The van der Waals surface area contributed by atoms with Crippen LogP contribution in [0.15, 0.2) is 47.6 Å². The van der Waals surface area contributed by atoms with Crippen molar-refractivity contribution in [3.05, 3.63) is 47.6 Å². The average Bonchev–Trinajstić information content (AvgIpc) is 3.33. The molecule has 1 aliphatic carbocycles. The van der Waals surface area contributed by atoms with E-state index in [0.717, 1.165) is 10.5 Å². The fourth-order valence-corrected chi connectivity index (χ4v) is 10.6. The molecule has 2 saturated heterocycles. The van der Waals surface area contributed by atoms with Crippen molar-refractivity contribution in [1.29, 1.82) is 0 Å². The minimum absolute atomic E-state index is 0.00805. The number of amides is 1. The average molecular weight is 1000 g/mol. The molecule has 0 aromatic rings. The lowest BCUT2D eigenvalue weighted by molar-refractivity contribution is -0.265. The van der Waals surface area contributed by atoms with Gasteiger partial charge in [0.2, 0.25) is 5.79 Å². The van der Waals surface area contributed by atoms with E-state index in [1.165, 1.54) is 14.2 Å². The standard InChI is InChI=1S/C54H81NO16/c1-31-16-12-11-13-17-32(2)43(66-8)28-39-21-19-37(7)54(65,71-39)51(62)52(63)55-23-15-14-18-40(55)53(64)70-44(29-41(56)33(3)25-36(6)49(61)50(68-10)48(60)35(5)24-31)34(4)26-38-20-22-42(45(27-38)67-9)69-47(59)30-46(57)58/h11-13,16-17,25,31,33-35,37-40,42-45,49-50,61,65H,14-15,18-24,26-30H2,1-10H3,(H,57,58)/b13-11+,16-12+,32-17+,36-25+/t31-,33-,34-,35-,37-,38+,39+,40+,42-,43+,44+,45-,49-,50+,54-/m1/s1. The van der Waals surface area contributed by atoms with Gasteiger partial charge in [-0.25, -0.2) is 4.79 Å². The number of piperidine rings is 1. The highest BCUT2D eigenvalue weighted by atomic mass is 16.6. The Balaban J connectivity index is 1.69. The maximum atomic E-state index is 14.5. The van der Waals surface area contributed by atoms with E-state index in [0.29, 0.717) is 63.4 Å². The Bertz CT molecular complexity index is 1990. The highest BCUT2D eigenvalue weighted by Gasteiger charge is 2.53. The van der Waals surface area contributed by atoms with Crippen LogP contribution in [0, 0.1) is 35.5 Å². The fourth-order valence-electron chi connectivity index (χ4n) is 10.6. The number of cyclic esters (lactones) is 1. The highest BCUT2D eigenvalue weighted by molar-refractivity contribution is 6.39. The zero-order valence-corrected chi connectivity index (χ0v) is 43.5. The number of carboxylic acids is 1. The number of aliphatic hydroxyl groups excluding tert-OH is 1. The van der Waals surface area contributed by atoms with Crippen molar-refractivity contribution in [2.75, 3.05) is 27.9 Å². The highest BCUT2D eigenvalue weighted by Crippen LogP contribution is 2.38. The van der Waals surface area contributed by atoms with E-state index in [-0.39, 0.29) is 49.2 Å². The van der Waals surface area contributed by atoms with E-state index >= 15 is 0 Å². The van der Waals surface area contributed by atoms with E-state index < -0.39 is 114 Å². The van der Waals surface area contributed by atoms with Crippen LogP contribution in [-0.2, 0) is 62.0 Å². The molecule has 3 fully saturated rings. The lowest BCUT2D eigenvalue weighted by Crippen LogP contribution is -2.61. The van der Waals surface area contributed by atoms with Gasteiger partial charge in [-0.1, -0.05) is 71.1 Å². The van der Waals surface area contributed by atoms with Crippen LogP contribution in [-0.4, -0.2) is 144 Å². The van der Waals surface area contributed by atoms with Crippen LogP contribution < -0.4 is 0 Å². The lowest BCUT2D eigenvalue weighted by atomic mass is 9.78. The van der Waals surface area contributed by atoms with E-state index in [9.17, 15) is 43.8 Å². The van der Waals surface area contributed by atoms with Crippen molar-refractivity contribution in [3.8, 4) is 0 Å². The molecule has 0 spiro atoms. The number of Topliss-reactive ketones (excluding diaryl/α,β-unsaturated/α-hetero) is 3. The van der Waals surface area contributed by atoms with Gasteiger partial charge < -0.3 is 48.6 Å². The predicted octanol–water partition coefficient (Wildman–Crippen LogP) is 6.21. The number of carbonyl (C=O) groups excluding carboxylic acids is 6.